The van der Waals surface area contributed by atoms with E-state index in [1.54, 1.807) is 6.20 Å². The van der Waals surface area contributed by atoms with Crippen LogP contribution in [0.5, 0.6) is 0 Å². The molecular formula is C12H17BrN4. The average molecular weight is 297 g/mol. The predicted molar refractivity (Wildman–Crippen MR) is 73.7 cm³/mol. The molecule has 0 unspecified atom stereocenters. The molecule has 92 valence electrons. The largest absolute Gasteiger partial charge is 0.369 e. The van der Waals surface area contributed by atoms with Crippen LogP contribution in [0.4, 0.5) is 5.95 Å². The Morgan fingerprint density at radius 1 is 1.41 bits per heavy atom. The molecule has 0 saturated carbocycles. The Balaban J connectivity index is 2.42. The van der Waals surface area contributed by atoms with Crippen LogP contribution in [0.1, 0.15) is 26.7 Å². The number of anilines is 1. The van der Waals surface area contributed by atoms with Gasteiger partial charge in [0.1, 0.15) is 5.52 Å². The highest BCUT2D eigenvalue weighted by Crippen LogP contribution is 2.22. The molecule has 0 aromatic carbocycles. The van der Waals surface area contributed by atoms with E-state index >= 15 is 0 Å². The molecule has 2 N–H and O–H groups in total. The summed E-state index contributed by atoms with van der Waals surface area (Å²) >= 11 is 3.39. The molecule has 0 bridgehead atoms. The number of hydrogen-bond donors (Lipinski definition) is 1. The summed E-state index contributed by atoms with van der Waals surface area (Å²) in [6.45, 7) is 5.30. The fourth-order valence-electron chi connectivity index (χ4n) is 1.99. The highest BCUT2D eigenvalue weighted by Gasteiger charge is 2.13. The van der Waals surface area contributed by atoms with Crippen LogP contribution in [0.2, 0.25) is 0 Å². The predicted octanol–water partition coefficient (Wildman–Crippen LogP) is 3.21. The number of rotatable bonds is 4. The summed E-state index contributed by atoms with van der Waals surface area (Å²) < 4.78 is 2.94. The zero-order valence-electron chi connectivity index (χ0n) is 10.2. The quantitative estimate of drug-likeness (QED) is 0.942. The molecule has 2 aromatic heterocycles. The van der Waals surface area contributed by atoms with E-state index in [-0.39, 0.29) is 0 Å². The molecule has 0 aliphatic carbocycles. The summed E-state index contributed by atoms with van der Waals surface area (Å²) in [5.74, 6) is 1.18. The molecular weight excluding hydrogens is 280 g/mol. The lowest BCUT2D eigenvalue weighted by atomic mass is 10.0. The Bertz CT molecular complexity index is 516. The Kier molecular flexibility index (Phi) is 3.66. The van der Waals surface area contributed by atoms with E-state index in [0.717, 1.165) is 35.0 Å². The second-order valence-corrected chi connectivity index (χ2v) is 5.18. The highest BCUT2D eigenvalue weighted by atomic mass is 79.9. The fraction of sp³-hybridized carbons (Fsp3) is 0.500. The van der Waals surface area contributed by atoms with Crippen LogP contribution in [0.15, 0.2) is 16.7 Å². The van der Waals surface area contributed by atoms with Gasteiger partial charge in [-0.2, -0.15) is 0 Å². The van der Waals surface area contributed by atoms with E-state index in [2.05, 4.69) is 39.7 Å². The van der Waals surface area contributed by atoms with Crippen molar-refractivity contribution in [2.75, 3.05) is 5.73 Å². The number of nitrogen functional groups attached to an aromatic ring is 1. The van der Waals surface area contributed by atoms with E-state index in [9.17, 15) is 0 Å². The van der Waals surface area contributed by atoms with Gasteiger partial charge in [0.15, 0.2) is 5.65 Å². The third kappa shape index (κ3) is 2.44. The number of fused-ring (bicyclic) bond motifs is 1. The van der Waals surface area contributed by atoms with Crippen molar-refractivity contribution in [3.8, 4) is 0 Å². The van der Waals surface area contributed by atoms with Gasteiger partial charge in [0.25, 0.3) is 0 Å². The van der Waals surface area contributed by atoms with E-state index in [0.29, 0.717) is 11.9 Å². The molecule has 0 fully saturated rings. The molecule has 0 amide bonds. The Hall–Kier alpha value is -1.10. The number of halogens is 1. The first-order valence-corrected chi connectivity index (χ1v) is 6.72. The van der Waals surface area contributed by atoms with E-state index in [1.807, 2.05) is 10.6 Å². The first-order valence-electron chi connectivity index (χ1n) is 5.93. The monoisotopic (exact) mass is 296 g/mol. The lowest BCUT2D eigenvalue weighted by Crippen LogP contribution is -2.12. The molecule has 0 radical (unpaired) electrons. The zero-order valence-corrected chi connectivity index (χ0v) is 11.7. The normalized spacial score (nSPS) is 11.5. The van der Waals surface area contributed by atoms with Crippen LogP contribution in [-0.4, -0.2) is 14.5 Å². The summed E-state index contributed by atoms with van der Waals surface area (Å²) in [6, 6.07) is 1.95. The number of imidazole rings is 1. The minimum absolute atomic E-state index is 0.553. The van der Waals surface area contributed by atoms with Crippen LogP contribution >= 0.6 is 15.9 Å². The smallest absolute Gasteiger partial charge is 0.202 e. The van der Waals surface area contributed by atoms with Crippen molar-refractivity contribution in [3.05, 3.63) is 16.7 Å². The number of aromatic nitrogens is 3. The van der Waals surface area contributed by atoms with Crippen LogP contribution in [-0.2, 0) is 6.54 Å². The van der Waals surface area contributed by atoms with E-state index in [1.165, 1.54) is 0 Å². The number of hydrogen-bond acceptors (Lipinski definition) is 3. The number of pyridine rings is 1. The lowest BCUT2D eigenvalue weighted by molar-refractivity contribution is 0.426. The van der Waals surface area contributed by atoms with Gasteiger partial charge in [0.05, 0.1) is 0 Å². The summed E-state index contributed by atoms with van der Waals surface area (Å²) in [5, 5.41) is 0. The average Bonchev–Trinajstić information content (AvgIpc) is 2.61. The van der Waals surface area contributed by atoms with Crippen LogP contribution in [0, 0.1) is 5.92 Å². The Morgan fingerprint density at radius 2 is 2.12 bits per heavy atom. The van der Waals surface area contributed by atoms with Gasteiger partial charge in [-0.05, 0) is 27.9 Å². The molecule has 17 heavy (non-hydrogen) atoms. The molecule has 0 atom stereocenters. The van der Waals surface area contributed by atoms with Crippen molar-refractivity contribution in [1.29, 1.82) is 0 Å². The second-order valence-electron chi connectivity index (χ2n) is 4.26. The minimum Gasteiger partial charge on any atom is -0.369 e. The van der Waals surface area contributed by atoms with Crippen molar-refractivity contribution in [3.63, 3.8) is 0 Å². The maximum absolute atomic E-state index is 5.96. The van der Waals surface area contributed by atoms with Crippen molar-refractivity contribution in [2.45, 2.75) is 33.2 Å². The van der Waals surface area contributed by atoms with Gasteiger partial charge in [-0.25, -0.2) is 9.97 Å². The van der Waals surface area contributed by atoms with Crippen molar-refractivity contribution in [2.24, 2.45) is 5.92 Å². The molecule has 4 nitrogen and oxygen atoms in total. The summed E-state index contributed by atoms with van der Waals surface area (Å²) in [5.41, 5.74) is 7.68. The van der Waals surface area contributed by atoms with Gasteiger partial charge in [-0.15, -0.1) is 0 Å². The zero-order chi connectivity index (χ0) is 12.4. The molecule has 0 aliphatic heterocycles. The van der Waals surface area contributed by atoms with Crippen molar-refractivity contribution < 1.29 is 0 Å². The number of nitrogens with two attached hydrogens (primary N) is 1. The topological polar surface area (TPSA) is 56.7 Å². The maximum atomic E-state index is 5.96. The molecule has 0 aliphatic rings. The van der Waals surface area contributed by atoms with E-state index in [4.69, 9.17) is 5.73 Å². The summed E-state index contributed by atoms with van der Waals surface area (Å²) in [7, 11) is 0. The standard InChI is InChI=1S/C12H17BrN4/c1-3-8(4-2)7-17-11-10(16-12(17)14)5-9(13)6-15-11/h5-6,8H,3-4,7H2,1-2H3,(H2,14,16). The second kappa shape index (κ2) is 5.04. The Morgan fingerprint density at radius 3 is 2.76 bits per heavy atom. The first-order chi connectivity index (χ1) is 8.15. The molecule has 2 aromatic rings. The SMILES string of the molecule is CCC(CC)Cn1c(N)nc2cc(Br)cnc21. The van der Waals surface area contributed by atoms with E-state index < -0.39 is 0 Å². The third-order valence-corrected chi connectivity index (χ3v) is 3.61. The lowest BCUT2D eigenvalue weighted by Gasteiger charge is -2.14. The van der Waals surface area contributed by atoms with Crippen LogP contribution in [0.3, 0.4) is 0 Å². The summed E-state index contributed by atoms with van der Waals surface area (Å²) in [4.78, 5) is 8.74. The maximum Gasteiger partial charge on any atom is 0.202 e. The van der Waals surface area contributed by atoms with Gasteiger partial charge in [0, 0.05) is 17.2 Å². The van der Waals surface area contributed by atoms with Gasteiger partial charge in [0.2, 0.25) is 5.95 Å². The third-order valence-electron chi connectivity index (χ3n) is 3.18. The minimum atomic E-state index is 0.553. The molecule has 0 spiro atoms. The van der Waals surface area contributed by atoms with Crippen LogP contribution < -0.4 is 5.73 Å². The molecule has 2 heterocycles. The molecule has 5 heteroatoms. The van der Waals surface area contributed by atoms with Gasteiger partial charge in [-0.3, -0.25) is 4.57 Å². The van der Waals surface area contributed by atoms with Crippen LogP contribution in [0.25, 0.3) is 11.2 Å². The number of nitrogens with zero attached hydrogens (tertiary/aromatic N) is 3. The highest BCUT2D eigenvalue weighted by molar-refractivity contribution is 9.10. The van der Waals surface area contributed by atoms with Gasteiger partial charge >= 0.3 is 0 Å². The Labute approximate surface area is 109 Å². The fourth-order valence-corrected chi connectivity index (χ4v) is 2.31. The molecule has 2 rings (SSSR count). The summed E-state index contributed by atoms with van der Waals surface area (Å²) in [6.07, 6.45) is 4.07. The van der Waals surface area contributed by atoms with Crippen molar-refractivity contribution >= 4 is 33.0 Å². The van der Waals surface area contributed by atoms with Gasteiger partial charge < -0.3 is 5.73 Å². The van der Waals surface area contributed by atoms with Gasteiger partial charge in [-0.1, -0.05) is 26.7 Å². The van der Waals surface area contributed by atoms with Crippen molar-refractivity contribution in [1.82, 2.24) is 14.5 Å². The first kappa shape index (κ1) is 12.4. The molecule has 0 saturated heterocycles.